The summed E-state index contributed by atoms with van der Waals surface area (Å²) < 4.78 is 10.0. The lowest BCUT2D eigenvalue weighted by Crippen LogP contribution is -2.42. The number of esters is 1. The Morgan fingerprint density at radius 1 is 1.42 bits per heavy atom. The summed E-state index contributed by atoms with van der Waals surface area (Å²) in [4.78, 5) is 28.6. The first-order valence-electron chi connectivity index (χ1n) is 8.57. The predicted octanol–water partition coefficient (Wildman–Crippen LogP) is 2.09. The lowest BCUT2D eigenvalue weighted by molar-refractivity contribution is -0.147. The second-order valence-corrected chi connectivity index (χ2v) is 6.86. The fourth-order valence-corrected chi connectivity index (χ4v) is 2.54. The van der Waals surface area contributed by atoms with Crippen molar-refractivity contribution in [3.63, 3.8) is 0 Å². The van der Waals surface area contributed by atoms with E-state index in [1.807, 2.05) is 13.8 Å². The first kappa shape index (κ1) is 19.8. The average molecular weight is 363 g/mol. The van der Waals surface area contributed by atoms with Crippen molar-refractivity contribution < 1.29 is 24.0 Å². The number of ether oxygens (including phenoxy) is 1. The van der Waals surface area contributed by atoms with Gasteiger partial charge in [-0.2, -0.15) is 0 Å². The summed E-state index contributed by atoms with van der Waals surface area (Å²) in [5.74, 6) is -0.812. The first-order chi connectivity index (χ1) is 12.1. The third-order valence-electron chi connectivity index (χ3n) is 3.93. The van der Waals surface area contributed by atoms with Crippen LogP contribution in [0, 0.1) is 6.92 Å². The maximum atomic E-state index is 12.7. The molecular weight excluding hydrogens is 338 g/mol. The van der Waals surface area contributed by atoms with Gasteiger partial charge in [-0.15, -0.1) is 0 Å². The molecule has 0 fully saturated rings. The molecule has 0 spiro atoms. The van der Waals surface area contributed by atoms with Gasteiger partial charge in [-0.3, -0.25) is 9.59 Å². The normalized spacial score (nSPS) is 13.7. The van der Waals surface area contributed by atoms with Crippen molar-refractivity contribution in [2.45, 2.75) is 52.6 Å². The zero-order valence-electron chi connectivity index (χ0n) is 15.8. The molecule has 1 amide bonds. The minimum Gasteiger partial charge on any atom is -0.466 e. The molecule has 8 heteroatoms. The molecule has 0 saturated heterocycles. The van der Waals surface area contributed by atoms with E-state index in [0.717, 1.165) is 0 Å². The third-order valence-corrected chi connectivity index (χ3v) is 3.93. The Balaban J connectivity index is 2.21. The van der Waals surface area contributed by atoms with Crippen molar-refractivity contribution in [3.8, 4) is 0 Å². The molecule has 2 heterocycles. The van der Waals surface area contributed by atoms with Gasteiger partial charge in [0, 0.05) is 12.2 Å². The highest BCUT2D eigenvalue weighted by Crippen LogP contribution is 2.25. The van der Waals surface area contributed by atoms with Gasteiger partial charge in [0.2, 0.25) is 0 Å². The Labute approximate surface area is 151 Å². The van der Waals surface area contributed by atoms with Crippen LogP contribution in [0.4, 0.5) is 0 Å². The van der Waals surface area contributed by atoms with Crippen LogP contribution in [0.15, 0.2) is 10.6 Å². The molecule has 0 unspecified atom stereocenters. The van der Waals surface area contributed by atoms with E-state index in [-0.39, 0.29) is 25.5 Å². The van der Waals surface area contributed by atoms with Crippen molar-refractivity contribution in [1.29, 1.82) is 0 Å². The molecule has 0 aliphatic rings. The van der Waals surface area contributed by atoms with Crippen molar-refractivity contribution in [3.05, 3.63) is 23.0 Å². The Kier molecular flexibility index (Phi) is 5.97. The van der Waals surface area contributed by atoms with Crippen LogP contribution in [-0.4, -0.2) is 45.9 Å². The zero-order valence-corrected chi connectivity index (χ0v) is 15.8. The Morgan fingerprint density at radius 3 is 2.73 bits per heavy atom. The number of hydrogen-bond acceptors (Lipinski definition) is 7. The largest absolute Gasteiger partial charge is 0.466 e. The van der Waals surface area contributed by atoms with Gasteiger partial charge < -0.3 is 19.7 Å². The number of aliphatic hydroxyl groups is 1. The zero-order chi connectivity index (χ0) is 19.5. The van der Waals surface area contributed by atoms with Gasteiger partial charge in [0.05, 0.1) is 35.3 Å². The topological polar surface area (TPSA) is 115 Å². The molecule has 142 valence electrons. The van der Waals surface area contributed by atoms with E-state index in [0.29, 0.717) is 28.1 Å². The van der Waals surface area contributed by atoms with Crippen LogP contribution in [0.2, 0.25) is 0 Å². The number of amides is 1. The van der Waals surface area contributed by atoms with Crippen LogP contribution >= 0.6 is 0 Å². The number of carbonyl (C=O) groups is 2. The van der Waals surface area contributed by atoms with Crippen LogP contribution in [0.5, 0.6) is 0 Å². The summed E-state index contributed by atoms with van der Waals surface area (Å²) in [6, 6.07) is 1.70. The number of hydrogen-bond donors (Lipinski definition) is 2. The number of nitrogens with one attached hydrogen (secondary N) is 1. The molecule has 2 N–H and O–H groups in total. The van der Waals surface area contributed by atoms with Crippen LogP contribution in [-0.2, 0) is 9.53 Å². The molecule has 2 rings (SSSR count). The minimum atomic E-state index is -1.42. The molecule has 8 nitrogen and oxygen atoms in total. The number of rotatable bonds is 7. The fraction of sp³-hybridized carbons (Fsp3) is 0.556. The van der Waals surface area contributed by atoms with Gasteiger partial charge in [-0.25, -0.2) is 4.98 Å². The number of carbonyl (C=O) groups excluding carboxylic acids is 2. The summed E-state index contributed by atoms with van der Waals surface area (Å²) in [6.07, 6.45) is -0.212. The second-order valence-electron chi connectivity index (χ2n) is 6.86. The fourth-order valence-electron chi connectivity index (χ4n) is 2.54. The second kappa shape index (κ2) is 7.82. The molecule has 0 aromatic carbocycles. The minimum absolute atomic E-state index is 0.100. The van der Waals surface area contributed by atoms with Crippen LogP contribution in [0.25, 0.3) is 11.1 Å². The van der Waals surface area contributed by atoms with E-state index in [1.54, 1.807) is 19.9 Å². The third kappa shape index (κ3) is 4.57. The molecule has 0 aliphatic heterocycles. The quantitative estimate of drug-likeness (QED) is 0.724. The average Bonchev–Trinajstić information content (AvgIpc) is 2.93. The van der Waals surface area contributed by atoms with Crippen molar-refractivity contribution in [2.24, 2.45) is 0 Å². The van der Waals surface area contributed by atoms with E-state index in [4.69, 9.17) is 9.26 Å². The lowest BCUT2D eigenvalue weighted by Gasteiger charge is -2.22. The van der Waals surface area contributed by atoms with Gasteiger partial charge in [-0.05, 0) is 32.8 Å². The molecule has 2 aromatic heterocycles. The smallest absolute Gasteiger partial charge is 0.308 e. The predicted molar refractivity (Wildman–Crippen MR) is 94.8 cm³/mol. The maximum Gasteiger partial charge on any atom is 0.308 e. The van der Waals surface area contributed by atoms with Crippen LogP contribution in [0.1, 0.15) is 61.8 Å². The van der Waals surface area contributed by atoms with Crippen LogP contribution < -0.4 is 5.32 Å². The molecule has 0 bridgehead atoms. The number of pyridine rings is 1. The van der Waals surface area contributed by atoms with Crippen molar-refractivity contribution >= 4 is 23.0 Å². The number of nitrogens with zero attached hydrogens (tertiary/aromatic N) is 2. The highest BCUT2D eigenvalue weighted by atomic mass is 16.5. The van der Waals surface area contributed by atoms with Gasteiger partial charge in [-0.1, -0.05) is 19.0 Å². The lowest BCUT2D eigenvalue weighted by atomic mass is 10.0. The van der Waals surface area contributed by atoms with E-state index >= 15 is 0 Å². The van der Waals surface area contributed by atoms with Gasteiger partial charge in [0.15, 0.2) is 0 Å². The van der Waals surface area contributed by atoms with Crippen LogP contribution in [0.3, 0.4) is 0 Å². The van der Waals surface area contributed by atoms with Gasteiger partial charge >= 0.3 is 5.97 Å². The van der Waals surface area contributed by atoms with E-state index < -0.39 is 17.5 Å². The molecule has 2 aromatic rings. The maximum absolute atomic E-state index is 12.7. The first-order valence-corrected chi connectivity index (χ1v) is 8.57. The highest BCUT2D eigenvalue weighted by Gasteiger charge is 2.27. The number of fused-ring (bicyclic) bond motifs is 1. The molecule has 0 aliphatic carbocycles. The summed E-state index contributed by atoms with van der Waals surface area (Å²) in [5.41, 5.74) is 0.531. The SMILES string of the molecule is CCOC(=O)C[C@@](C)(O)CNC(=O)c1cc(C(C)C)nc2onc(C)c12. The van der Waals surface area contributed by atoms with E-state index in [9.17, 15) is 14.7 Å². The van der Waals surface area contributed by atoms with E-state index in [2.05, 4.69) is 15.5 Å². The molecule has 1 atom stereocenters. The Hall–Kier alpha value is -2.48. The van der Waals surface area contributed by atoms with Crippen molar-refractivity contribution in [2.75, 3.05) is 13.2 Å². The number of aromatic nitrogens is 2. The molecule has 0 saturated carbocycles. The summed E-state index contributed by atoms with van der Waals surface area (Å²) in [7, 11) is 0. The summed E-state index contributed by atoms with van der Waals surface area (Å²) >= 11 is 0. The molecular formula is C18H25N3O5. The molecule has 0 radical (unpaired) electrons. The Morgan fingerprint density at radius 2 is 2.12 bits per heavy atom. The van der Waals surface area contributed by atoms with E-state index in [1.165, 1.54) is 6.92 Å². The summed E-state index contributed by atoms with van der Waals surface area (Å²) in [5, 5.41) is 17.4. The molecule has 26 heavy (non-hydrogen) atoms. The number of aryl methyl sites for hydroxylation is 1. The van der Waals surface area contributed by atoms with Gasteiger partial charge in [0.25, 0.3) is 11.6 Å². The summed E-state index contributed by atoms with van der Waals surface area (Å²) in [6.45, 7) is 8.95. The highest BCUT2D eigenvalue weighted by molar-refractivity contribution is 6.06. The standard InChI is InChI=1S/C18H25N3O5/c1-6-25-14(22)8-18(5,24)9-19-16(23)12-7-13(10(2)3)20-17-15(12)11(4)21-26-17/h7,10,24H,6,8-9H2,1-5H3,(H,19,23)/t18-/m1/s1. The Bertz CT molecular complexity index is 811. The monoisotopic (exact) mass is 363 g/mol. The van der Waals surface area contributed by atoms with Gasteiger partial charge in [0.1, 0.15) is 0 Å². The van der Waals surface area contributed by atoms with Crippen molar-refractivity contribution in [1.82, 2.24) is 15.5 Å².